The third-order valence-electron chi connectivity index (χ3n) is 3.87. The Labute approximate surface area is 148 Å². The van der Waals surface area contributed by atoms with Gasteiger partial charge in [-0.05, 0) is 43.5 Å². The van der Waals surface area contributed by atoms with Crippen LogP contribution in [0, 0.1) is 19.7 Å². The van der Waals surface area contributed by atoms with Crippen LogP contribution >= 0.6 is 11.3 Å². The molecule has 0 bridgehead atoms. The summed E-state index contributed by atoms with van der Waals surface area (Å²) in [7, 11) is 0. The summed E-state index contributed by atoms with van der Waals surface area (Å²) in [6.45, 7) is 6.19. The van der Waals surface area contributed by atoms with Crippen molar-refractivity contribution in [1.29, 1.82) is 0 Å². The van der Waals surface area contributed by atoms with E-state index in [2.05, 4.69) is 15.3 Å². The van der Waals surface area contributed by atoms with Gasteiger partial charge in [0.05, 0.1) is 12.0 Å². The molecule has 0 saturated carbocycles. The molecule has 1 aromatic carbocycles. The van der Waals surface area contributed by atoms with Gasteiger partial charge >= 0.3 is 5.97 Å². The Morgan fingerprint density at radius 2 is 2.12 bits per heavy atom. The molecular formula is C18H18FN3O2S. The lowest BCUT2D eigenvalue weighted by Crippen LogP contribution is -2.05. The highest BCUT2D eigenvalue weighted by Gasteiger charge is 2.20. The summed E-state index contributed by atoms with van der Waals surface area (Å²) < 4.78 is 18.5. The van der Waals surface area contributed by atoms with Crippen molar-refractivity contribution in [3.63, 3.8) is 0 Å². The summed E-state index contributed by atoms with van der Waals surface area (Å²) in [5, 5.41) is 4.07. The molecule has 0 unspecified atom stereocenters. The average molecular weight is 359 g/mol. The molecule has 25 heavy (non-hydrogen) atoms. The molecule has 0 aliphatic carbocycles. The fourth-order valence-electron chi connectivity index (χ4n) is 2.60. The van der Waals surface area contributed by atoms with Crippen LogP contribution in [0.3, 0.4) is 0 Å². The van der Waals surface area contributed by atoms with Gasteiger partial charge in [0.25, 0.3) is 0 Å². The number of anilines is 1. The van der Waals surface area contributed by atoms with Crippen LogP contribution in [0.15, 0.2) is 24.5 Å². The highest BCUT2D eigenvalue weighted by Crippen LogP contribution is 2.33. The first-order valence-corrected chi connectivity index (χ1v) is 8.73. The zero-order chi connectivity index (χ0) is 18.0. The fraction of sp³-hybridized carbons (Fsp3) is 0.278. The van der Waals surface area contributed by atoms with E-state index < -0.39 is 0 Å². The fourth-order valence-corrected chi connectivity index (χ4v) is 3.64. The summed E-state index contributed by atoms with van der Waals surface area (Å²) in [4.78, 5) is 21.9. The van der Waals surface area contributed by atoms with Crippen molar-refractivity contribution in [2.45, 2.75) is 27.3 Å². The number of esters is 1. The first-order chi connectivity index (χ1) is 12.0. The number of nitrogens with zero attached hydrogens (tertiary/aromatic N) is 2. The minimum absolute atomic E-state index is 0.221. The van der Waals surface area contributed by atoms with Gasteiger partial charge in [0.1, 0.15) is 27.7 Å². The van der Waals surface area contributed by atoms with E-state index in [-0.39, 0.29) is 11.8 Å². The van der Waals surface area contributed by atoms with Crippen LogP contribution in [0.1, 0.15) is 33.3 Å². The van der Waals surface area contributed by atoms with Crippen molar-refractivity contribution < 1.29 is 13.9 Å². The van der Waals surface area contributed by atoms with E-state index in [0.29, 0.717) is 29.4 Å². The van der Waals surface area contributed by atoms with Crippen LogP contribution < -0.4 is 5.32 Å². The Hall–Kier alpha value is -2.54. The maximum atomic E-state index is 13.4. The molecule has 2 aromatic heterocycles. The molecule has 0 spiro atoms. The molecule has 3 rings (SSSR count). The van der Waals surface area contributed by atoms with Crippen molar-refractivity contribution >= 4 is 33.3 Å². The predicted octanol–water partition coefficient (Wildman–Crippen LogP) is 4.24. The van der Waals surface area contributed by atoms with Gasteiger partial charge < -0.3 is 10.1 Å². The topological polar surface area (TPSA) is 64.1 Å². The Bertz CT molecular complexity index is 939. The minimum atomic E-state index is -0.344. The Kier molecular flexibility index (Phi) is 4.94. The zero-order valence-corrected chi connectivity index (χ0v) is 15.0. The first kappa shape index (κ1) is 17.3. The summed E-state index contributed by atoms with van der Waals surface area (Å²) in [6, 6.07) is 4.99. The maximum Gasteiger partial charge on any atom is 0.348 e. The monoisotopic (exact) mass is 359 g/mol. The smallest absolute Gasteiger partial charge is 0.348 e. The number of halogens is 1. The first-order valence-electron chi connectivity index (χ1n) is 7.91. The van der Waals surface area contributed by atoms with E-state index in [9.17, 15) is 9.18 Å². The lowest BCUT2D eigenvalue weighted by molar-refractivity contribution is 0.0531. The average Bonchev–Trinajstić information content (AvgIpc) is 2.94. The van der Waals surface area contributed by atoms with E-state index in [1.807, 2.05) is 6.92 Å². The molecular weight excluding hydrogens is 341 g/mol. The van der Waals surface area contributed by atoms with Crippen LogP contribution in [0.25, 0.3) is 10.2 Å². The summed E-state index contributed by atoms with van der Waals surface area (Å²) in [5.41, 5.74) is 2.35. The number of fused-ring (bicyclic) bond motifs is 1. The highest BCUT2D eigenvalue weighted by molar-refractivity contribution is 7.20. The summed E-state index contributed by atoms with van der Waals surface area (Å²) in [5.74, 6) is 0.0836. The standard InChI is InChI=1S/C18H18FN3O2S/c1-4-24-18(23)15-11(3)14-16(21-9-22-17(14)25-15)20-8-12-5-6-13(19)10(2)7-12/h5-7,9H,4,8H2,1-3H3,(H,20,21,22). The number of aryl methyl sites for hydroxylation is 2. The molecule has 3 aromatic rings. The molecule has 0 radical (unpaired) electrons. The van der Waals surface area contributed by atoms with Gasteiger partial charge in [-0.15, -0.1) is 11.3 Å². The molecule has 130 valence electrons. The van der Waals surface area contributed by atoms with Gasteiger partial charge in [0.15, 0.2) is 0 Å². The van der Waals surface area contributed by atoms with Crippen molar-refractivity contribution in [1.82, 2.24) is 9.97 Å². The molecule has 1 N–H and O–H groups in total. The number of aromatic nitrogens is 2. The number of rotatable bonds is 5. The summed E-state index contributed by atoms with van der Waals surface area (Å²) in [6.07, 6.45) is 1.46. The van der Waals surface area contributed by atoms with Crippen LogP contribution in [-0.4, -0.2) is 22.5 Å². The van der Waals surface area contributed by atoms with Crippen LogP contribution in [0.4, 0.5) is 10.2 Å². The number of hydrogen-bond acceptors (Lipinski definition) is 6. The number of thiophene rings is 1. The quantitative estimate of drug-likeness (QED) is 0.691. The zero-order valence-electron chi connectivity index (χ0n) is 14.2. The molecule has 0 fully saturated rings. The van der Waals surface area contributed by atoms with E-state index in [0.717, 1.165) is 21.3 Å². The molecule has 5 nitrogen and oxygen atoms in total. The second kappa shape index (κ2) is 7.14. The second-order valence-electron chi connectivity index (χ2n) is 5.62. The van der Waals surface area contributed by atoms with Gasteiger partial charge in [-0.2, -0.15) is 0 Å². The number of carbonyl (C=O) groups excluding carboxylic acids is 1. The number of hydrogen-bond donors (Lipinski definition) is 1. The third kappa shape index (κ3) is 3.46. The molecule has 0 atom stereocenters. The number of carbonyl (C=O) groups is 1. The van der Waals surface area contributed by atoms with E-state index in [1.54, 1.807) is 26.0 Å². The predicted molar refractivity (Wildman–Crippen MR) is 96.6 cm³/mol. The lowest BCUT2D eigenvalue weighted by atomic mass is 10.1. The summed E-state index contributed by atoms with van der Waals surface area (Å²) >= 11 is 1.30. The van der Waals surface area contributed by atoms with Crippen LogP contribution in [0.2, 0.25) is 0 Å². The second-order valence-corrected chi connectivity index (χ2v) is 6.62. The molecule has 0 aliphatic rings. The van der Waals surface area contributed by atoms with Gasteiger partial charge in [-0.3, -0.25) is 0 Å². The molecule has 7 heteroatoms. The van der Waals surface area contributed by atoms with Crippen molar-refractivity contribution in [2.24, 2.45) is 0 Å². The maximum absolute atomic E-state index is 13.4. The Morgan fingerprint density at radius 1 is 1.32 bits per heavy atom. The number of nitrogens with one attached hydrogen (secondary N) is 1. The molecule has 2 heterocycles. The van der Waals surface area contributed by atoms with E-state index in [1.165, 1.54) is 23.7 Å². The lowest BCUT2D eigenvalue weighted by Gasteiger charge is -2.08. The van der Waals surface area contributed by atoms with E-state index in [4.69, 9.17) is 4.74 Å². The van der Waals surface area contributed by atoms with Gasteiger partial charge in [-0.25, -0.2) is 19.2 Å². The Morgan fingerprint density at radius 3 is 2.84 bits per heavy atom. The van der Waals surface area contributed by atoms with Crippen molar-refractivity contribution in [2.75, 3.05) is 11.9 Å². The van der Waals surface area contributed by atoms with Gasteiger partial charge in [-0.1, -0.05) is 12.1 Å². The molecule has 0 saturated heterocycles. The molecule has 0 aliphatic heterocycles. The van der Waals surface area contributed by atoms with Gasteiger partial charge in [0.2, 0.25) is 0 Å². The van der Waals surface area contributed by atoms with E-state index >= 15 is 0 Å². The highest BCUT2D eigenvalue weighted by atomic mass is 32.1. The van der Waals surface area contributed by atoms with Crippen molar-refractivity contribution in [3.8, 4) is 0 Å². The largest absolute Gasteiger partial charge is 0.462 e. The van der Waals surface area contributed by atoms with Crippen LogP contribution in [-0.2, 0) is 11.3 Å². The number of benzene rings is 1. The Balaban J connectivity index is 1.91. The van der Waals surface area contributed by atoms with Gasteiger partial charge in [0, 0.05) is 6.54 Å². The normalized spacial score (nSPS) is 10.9. The molecule has 0 amide bonds. The number of ether oxygens (including phenoxy) is 1. The minimum Gasteiger partial charge on any atom is -0.462 e. The SMILES string of the molecule is CCOC(=O)c1sc2ncnc(NCc3ccc(F)c(C)c3)c2c1C. The van der Waals surface area contributed by atoms with Crippen LogP contribution in [0.5, 0.6) is 0 Å². The third-order valence-corrected chi connectivity index (χ3v) is 5.05. The van der Waals surface area contributed by atoms with Crippen molar-refractivity contribution in [3.05, 3.63) is 51.9 Å².